The summed E-state index contributed by atoms with van der Waals surface area (Å²) in [6, 6.07) is 14.2. The third kappa shape index (κ3) is 6.17. The van der Waals surface area contributed by atoms with Gasteiger partial charge in [-0.3, -0.25) is 14.5 Å². The van der Waals surface area contributed by atoms with Gasteiger partial charge < -0.3 is 10.6 Å². The van der Waals surface area contributed by atoms with E-state index in [-0.39, 0.29) is 18.4 Å². The minimum Gasteiger partial charge on any atom is -0.343 e. The summed E-state index contributed by atoms with van der Waals surface area (Å²) >= 11 is 0. The van der Waals surface area contributed by atoms with Crippen LogP contribution < -0.4 is 10.6 Å². The number of anilines is 1. The molecule has 1 fully saturated rings. The highest BCUT2D eigenvalue weighted by molar-refractivity contribution is 5.99. The van der Waals surface area contributed by atoms with Crippen LogP contribution in [0.25, 0.3) is 0 Å². The van der Waals surface area contributed by atoms with Crippen molar-refractivity contribution in [2.45, 2.75) is 58.5 Å². The number of nitrogens with one attached hydrogen (secondary N) is 2. The molecule has 0 heterocycles. The number of carbonyl (C=O) groups excluding carboxylic acids is 2. The lowest BCUT2D eigenvalue weighted by molar-refractivity contribution is -0.115. The highest BCUT2D eigenvalue weighted by Crippen LogP contribution is 2.24. The quantitative estimate of drug-likeness (QED) is 0.713. The van der Waals surface area contributed by atoms with E-state index in [4.69, 9.17) is 0 Å². The Kier molecular flexibility index (Phi) is 7.63. The van der Waals surface area contributed by atoms with Gasteiger partial charge in [-0.15, -0.1) is 0 Å². The largest absolute Gasteiger partial charge is 0.343 e. The minimum absolute atomic E-state index is 0.0569. The molecule has 2 N–H and O–H groups in total. The van der Waals surface area contributed by atoms with Gasteiger partial charge >= 0.3 is 0 Å². The monoisotopic (exact) mass is 407 g/mol. The Morgan fingerprint density at radius 2 is 1.67 bits per heavy atom. The van der Waals surface area contributed by atoms with Crippen molar-refractivity contribution in [3.63, 3.8) is 0 Å². The number of benzene rings is 2. The van der Waals surface area contributed by atoms with E-state index in [0.29, 0.717) is 11.6 Å². The molecule has 2 amide bonds. The van der Waals surface area contributed by atoms with Crippen LogP contribution in [0.5, 0.6) is 0 Å². The molecule has 1 saturated carbocycles. The van der Waals surface area contributed by atoms with Gasteiger partial charge in [0.05, 0.1) is 6.54 Å². The maximum atomic E-state index is 12.5. The zero-order valence-corrected chi connectivity index (χ0v) is 18.3. The van der Waals surface area contributed by atoms with Crippen LogP contribution in [0.3, 0.4) is 0 Å². The maximum Gasteiger partial charge on any atom is 0.251 e. The molecule has 2 aromatic rings. The lowest BCUT2D eigenvalue weighted by Gasteiger charge is -2.31. The molecule has 0 saturated heterocycles. The summed E-state index contributed by atoms with van der Waals surface area (Å²) in [4.78, 5) is 27.3. The zero-order valence-electron chi connectivity index (χ0n) is 18.3. The normalized spacial score (nSPS) is 14.5. The Bertz CT molecular complexity index is 867. The topological polar surface area (TPSA) is 61.4 Å². The number of amides is 2. The molecule has 30 heavy (non-hydrogen) atoms. The first-order valence-electron chi connectivity index (χ1n) is 10.9. The highest BCUT2D eigenvalue weighted by Gasteiger charge is 2.19. The molecule has 0 unspecified atom stereocenters. The first-order valence-corrected chi connectivity index (χ1v) is 10.9. The van der Waals surface area contributed by atoms with E-state index in [1.165, 1.54) is 32.1 Å². The van der Waals surface area contributed by atoms with Gasteiger partial charge in [0.15, 0.2) is 0 Å². The summed E-state index contributed by atoms with van der Waals surface area (Å²) in [7, 11) is 2.17. The second-order valence-corrected chi connectivity index (χ2v) is 8.47. The zero-order chi connectivity index (χ0) is 21.5. The molecule has 0 bridgehead atoms. The molecule has 3 rings (SSSR count). The Morgan fingerprint density at radius 1 is 1.00 bits per heavy atom. The molecule has 5 nitrogen and oxygen atoms in total. The molecule has 1 aliphatic carbocycles. The molecule has 160 valence electrons. The second kappa shape index (κ2) is 10.4. The van der Waals surface area contributed by atoms with E-state index in [0.717, 1.165) is 28.9 Å². The summed E-state index contributed by atoms with van der Waals surface area (Å²) in [5.74, 6) is -0.456. The Morgan fingerprint density at radius 3 is 2.37 bits per heavy atom. The van der Waals surface area contributed by atoms with Crippen molar-refractivity contribution < 1.29 is 9.59 Å². The van der Waals surface area contributed by atoms with E-state index < -0.39 is 0 Å². The van der Waals surface area contributed by atoms with Gasteiger partial charge in [-0.2, -0.15) is 0 Å². The number of nitrogens with zero attached hydrogens (tertiary/aromatic N) is 1. The van der Waals surface area contributed by atoms with Crippen LogP contribution in [0.1, 0.15) is 59.2 Å². The average molecular weight is 408 g/mol. The van der Waals surface area contributed by atoms with Gasteiger partial charge in [0.1, 0.15) is 0 Å². The molecule has 0 aliphatic heterocycles. The van der Waals surface area contributed by atoms with Crippen LogP contribution >= 0.6 is 0 Å². The molecule has 0 atom stereocenters. The average Bonchev–Trinajstić information content (AvgIpc) is 2.73. The third-order valence-electron chi connectivity index (χ3n) is 5.80. The summed E-state index contributed by atoms with van der Waals surface area (Å²) in [5, 5.41) is 5.69. The Labute approximate surface area is 179 Å². The van der Waals surface area contributed by atoms with Gasteiger partial charge in [-0.05, 0) is 57.5 Å². The first-order chi connectivity index (χ1) is 14.4. The number of hydrogen-bond acceptors (Lipinski definition) is 3. The number of aryl methyl sites for hydroxylation is 2. The lowest BCUT2D eigenvalue weighted by Crippen LogP contribution is -2.34. The number of carbonyl (C=O) groups is 2. The minimum atomic E-state index is -0.234. The fraction of sp³-hybridized carbons (Fsp3) is 0.440. The number of para-hydroxylation sites is 1. The molecule has 5 heteroatoms. The Hall–Kier alpha value is -2.66. The van der Waals surface area contributed by atoms with E-state index in [9.17, 15) is 9.59 Å². The predicted molar refractivity (Wildman–Crippen MR) is 122 cm³/mol. The van der Waals surface area contributed by atoms with Crippen LogP contribution in [0, 0.1) is 13.8 Å². The molecular formula is C25H33N3O2. The fourth-order valence-corrected chi connectivity index (χ4v) is 4.26. The van der Waals surface area contributed by atoms with Gasteiger partial charge in [0.2, 0.25) is 5.91 Å². The van der Waals surface area contributed by atoms with Crippen LogP contribution in [-0.4, -0.2) is 36.3 Å². The van der Waals surface area contributed by atoms with Gasteiger partial charge in [0, 0.05) is 23.8 Å². The lowest BCUT2D eigenvalue weighted by atomic mass is 9.94. The Balaban J connectivity index is 1.56. The van der Waals surface area contributed by atoms with Crippen LogP contribution in [0.4, 0.5) is 5.69 Å². The van der Waals surface area contributed by atoms with Crippen molar-refractivity contribution in [3.8, 4) is 0 Å². The van der Waals surface area contributed by atoms with Gasteiger partial charge in [-0.1, -0.05) is 54.7 Å². The van der Waals surface area contributed by atoms with Gasteiger partial charge in [0.25, 0.3) is 5.91 Å². The van der Waals surface area contributed by atoms with Crippen molar-refractivity contribution in [1.82, 2.24) is 10.2 Å². The molecular weight excluding hydrogens is 374 g/mol. The predicted octanol–water partition coefficient (Wildman–Crippen LogP) is 4.44. The smallest absolute Gasteiger partial charge is 0.251 e. The molecule has 0 spiro atoms. The van der Waals surface area contributed by atoms with E-state index in [1.807, 2.05) is 50.2 Å². The van der Waals surface area contributed by atoms with Crippen molar-refractivity contribution in [1.29, 1.82) is 0 Å². The van der Waals surface area contributed by atoms with Crippen molar-refractivity contribution >= 4 is 17.5 Å². The highest BCUT2D eigenvalue weighted by atomic mass is 16.2. The van der Waals surface area contributed by atoms with E-state index in [1.54, 1.807) is 0 Å². The van der Waals surface area contributed by atoms with Gasteiger partial charge in [-0.25, -0.2) is 0 Å². The van der Waals surface area contributed by atoms with Crippen molar-refractivity contribution in [3.05, 3.63) is 64.7 Å². The molecule has 1 aliphatic rings. The number of rotatable bonds is 7. The SMILES string of the molecule is Cc1cc(C)cc(C(=O)NCC(=O)Nc2ccccc2CN(C)C2CCCCC2)c1. The summed E-state index contributed by atoms with van der Waals surface area (Å²) < 4.78 is 0. The van der Waals surface area contributed by atoms with E-state index in [2.05, 4.69) is 28.6 Å². The molecule has 2 aromatic carbocycles. The summed E-state index contributed by atoms with van der Waals surface area (Å²) in [6.45, 7) is 4.66. The maximum absolute atomic E-state index is 12.5. The van der Waals surface area contributed by atoms with Crippen LogP contribution in [0.15, 0.2) is 42.5 Å². The number of hydrogen-bond donors (Lipinski definition) is 2. The molecule has 0 aromatic heterocycles. The van der Waals surface area contributed by atoms with Crippen LogP contribution in [0.2, 0.25) is 0 Å². The second-order valence-electron chi connectivity index (χ2n) is 8.47. The fourth-order valence-electron chi connectivity index (χ4n) is 4.26. The molecule has 0 radical (unpaired) electrons. The first kappa shape index (κ1) is 22.0. The van der Waals surface area contributed by atoms with Crippen molar-refractivity contribution in [2.24, 2.45) is 0 Å². The van der Waals surface area contributed by atoms with Crippen LogP contribution in [-0.2, 0) is 11.3 Å². The van der Waals surface area contributed by atoms with Crippen molar-refractivity contribution in [2.75, 3.05) is 18.9 Å². The standard InChI is InChI=1S/C25H33N3O2/c1-18-13-19(2)15-21(14-18)25(30)26-16-24(29)27-23-12-8-7-9-20(23)17-28(3)22-10-5-4-6-11-22/h7-9,12-15,22H,4-6,10-11,16-17H2,1-3H3,(H,26,30)(H,27,29). The van der Waals surface area contributed by atoms with E-state index >= 15 is 0 Å². The third-order valence-corrected chi connectivity index (χ3v) is 5.80. The summed E-state index contributed by atoms with van der Waals surface area (Å²) in [5.41, 5.74) is 4.54. The summed E-state index contributed by atoms with van der Waals surface area (Å²) in [6.07, 6.45) is 6.43.